The highest BCUT2D eigenvalue weighted by Gasteiger charge is 2.26. The maximum absolute atomic E-state index is 13.0. The van der Waals surface area contributed by atoms with Gasteiger partial charge in [-0.05, 0) is 30.5 Å². The number of rotatable bonds is 9. The lowest BCUT2D eigenvalue weighted by atomic mass is 10.1. The monoisotopic (exact) mass is 431 g/mol. The number of carbonyl (C=O) groups is 1. The van der Waals surface area contributed by atoms with Gasteiger partial charge in [0.1, 0.15) is 6.04 Å². The van der Waals surface area contributed by atoms with Crippen molar-refractivity contribution in [2.75, 3.05) is 6.54 Å². The largest absolute Gasteiger partial charge is 0.419 e. The van der Waals surface area contributed by atoms with E-state index >= 15 is 0 Å². The van der Waals surface area contributed by atoms with Crippen molar-refractivity contribution in [2.24, 2.45) is 7.05 Å². The molecule has 160 valence electrons. The Kier molecular flexibility index (Phi) is 6.73. The number of carbonyl (C=O) groups excluding carboxylic acids is 1. The number of benzene rings is 2. The minimum absolute atomic E-state index is 0.0798. The van der Waals surface area contributed by atoms with Gasteiger partial charge in [-0.25, -0.2) is 13.2 Å². The van der Waals surface area contributed by atoms with E-state index in [9.17, 15) is 18.0 Å². The second kappa shape index (κ2) is 9.27. The molecule has 0 bridgehead atoms. The van der Waals surface area contributed by atoms with Gasteiger partial charge in [0.05, 0.1) is 10.4 Å². The fourth-order valence-electron chi connectivity index (χ4n) is 3.09. The van der Waals surface area contributed by atoms with E-state index < -0.39 is 21.8 Å². The van der Waals surface area contributed by atoms with Gasteiger partial charge in [-0.15, -0.1) is 0 Å². The number of nitrogens with one attached hydrogen (secondary N) is 2. The Bertz CT molecular complexity index is 1180. The predicted molar refractivity (Wildman–Crippen MR) is 114 cm³/mol. The zero-order valence-electron chi connectivity index (χ0n) is 16.9. The summed E-state index contributed by atoms with van der Waals surface area (Å²) in [6.07, 6.45) is 1.93. The number of fused-ring (bicyclic) bond motifs is 1. The standard InChI is InChI=1S/C21H25N3O5S/c1-3-4-12-22-20(25)17(13-15-8-6-5-7-9-15)23-30(27,28)16-10-11-18-19(14-16)29-21(26)24(18)2/h5-11,14,17,23H,3-4,12-13H2,1-2H3,(H,22,25)/t17-/m0/s1. The average molecular weight is 432 g/mol. The molecule has 3 rings (SSSR count). The second-order valence-corrected chi connectivity index (χ2v) is 8.78. The molecule has 1 aromatic heterocycles. The van der Waals surface area contributed by atoms with Gasteiger partial charge in [0.15, 0.2) is 5.58 Å². The van der Waals surface area contributed by atoms with Gasteiger partial charge >= 0.3 is 5.76 Å². The van der Waals surface area contributed by atoms with E-state index in [1.807, 2.05) is 37.3 Å². The van der Waals surface area contributed by atoms with Gasteiger partial charge in [0.2, 0.25) is 15.9 Å². The third-order valence-electron chi connectivity index (χ3n) is 4.80. The lowest BCUT2D eigenvalue weighted by Crippen LogP contribution is -2.48. The van der Waals surface area contributed by atoms with E-state index in [4.69, 9.17) is 4.42 Å². The molecule has 0 unspecified atom stereocenters. The van der Waals surface area contributed by atoms with Crippen LogP contribution in [0, 0.1) is 0 Å². The molecule has 1 amide bonds. The highest BCUT2D eigenvalue weighted by Crippen LogP contribution is 2.18. The maximum Gasteiger partial charge on any atom is 0.419 e. The van der Waals surface area contributed by atoms with Crippen LogP contribution >= 0.6 is 0 Å². The molecule has 0 saturated carbocycles. The number of nitrogens with zero attached hydrogens (tertiary/aromatic N) is 1. The second-order valence-electron chi connectivity index (χ2n) is 7.06. The van der Waals surface area contributed by atoms with E-state index in [2.05, 4.69) is 10.0 Å². The Morgan fingerprint density at radius 1 is 1.17 bits per heavy atom. The summed E-state index contributed by atoms with van der Waals surface area (Å²) >= 11 is 0. The molecule has 0 spiro atoms. The number of hydrogen-bond donors (Lipinski definition) is 2. The number of sulfonamides is 1. The molecule has 2 aromatic carbocycles. The molecule has 0 aliphatic heterocycles. The Hall–Kier alpha value is -2.91. The first kappa shape index (κ1) is 21.8. The van der Waals surface area contributed by atoms with E-state index in [1.165, 1.54) is 29.8 Å². The minimum atomic E-state index is -4.03. The van der Waals surface area contributed by atoms with Crippen LogP contribution in [0.5, 0.6) is 0 Å². The third-order valence-corrected chi connectivity index (χ3v) is 6.27. The molecule has 3 aromatic rings. The van der Waals surface area contributed by atoms with Crippen LogP contribution in [0.2, 0.25) is 0 Å². The molecule has 0 radical (unpaired) electrons. The highest BCUT2D eigenvalue weighted by molar-refractivity contribution is 7.89. The fourth-order valence-corrected chi connectivity index (χ4v) is 4.30. The van der Waals surface area contributed by atoms with Gasteiger partial charge in [-0.3, -0.25) is 9.36 Å². The number of unbranched alkanes of at least 4 members (excludes halogenated alkanes) is 1. The van der Waals surface area contributed by atoms with Gasteiger partial charge in [-0.1, -0.05) is 43.7 Å². The van der Waals surface area contributed by atoms with E-state index in [0.717, 1.165) is 18.4 Å². The molecule has 30 heavy (non-hydrogen) atoms. The molecule has 1 atom stereocenters. The molecular formula is C21H25N3O5S. The van der Waals surface area contributed by atoms with Crippen LogP contribution < -0.4 is 15.8 Å². The van der Waals surface area contributed by atoms with E-state index in [0.29, 0.717) is 12.1 Å². The Morgan fingerprint density at radius 2 is 1.90 bits per heavy atom. The lowest BCUT2D eigenvalue weighted by Gasteiger charge is -2.19. The van der Waals surface area contributed by atoms with Crippen molar-refractivity contribution in [3.63, 3.8) is 0 Å². The van der Waals surface area contributed by atoms with Gasteiger partial charge < -0.3 is 9.73 Å². The SMILES string of the molecule is CCCCNC(=O)[C@H](Cc1ccccc1)NS(=O)(=O)c1ccc2c(c1)oc(=O)n2C. The number of amides is 1. The predicted octanol–water partition coefficient (Wildman–Crippen LogP) is 1.94. The van der Waals surface area contributed by atoms with Crippen LogP contribution in [0.3, 0.4) is 0 Å². The first-order valence-electron chi connectivity index (χ1n) is 9.75. The van der Waals surface area contributed by atoms with E-state index in [1.54, 1.807) is 0 Å². The summed E-state index contributed by atoms with van der Waals surface area (Å²) in [5.41, 5.74) is 1.48. The molecule has 1 heterocycles. The fraction of sp³-hybridized carbons (Fsp3) is 0.333. The number of hydrogen-bond acceptors (Lipinski definition) is 5. The van der Waals surface area contributed by atoms with Crippen LogP contribution in [0.4, 0.5) is 0 Å². The number of aryl methyl sites for hydroxylation is 1. The van der Waals surface area contributed by atoms with Crippen molar-refractivity contribution in [3.8, 4) is 0 Å². The molecule has 8 nitrogen and oxygen atoms in total. The summed E-state index contributed by atoms with van der Waals surface area (Å²) in [5, 5.41) is 2.79. The normalized spacial score (nSPS) is 12.7. The number of aromatic nitrogens is 1. The summed E-state index contributed by atoms with van der Waals surface area (Å²) in [6.45, 7) is 2.48. The molecule has 0 fully saturated rings. The topological polar surface area (TPSA) is 110 Å². The van der Waals surface area contributed by atoms with Crippen molar-refractivity contribution in [1.29, 1.82) is 0 Å². The Morgan fingerprint density at radius 3 is 2.60 bits per heavy atom. The molecule has 2 N–H and O–H groups in total. The smallest absolute Gasteiger partial charge is 0.408 e. The van der Waals surface area contributed by atoms with Crippen LogP contribution in [0.1, 0.15) is 25.3 Å². The molecule has 0 saturated heterocycles. The summed E-state index contributed by atoms with van der Waals surface area (Å²) in [6, 6.07) is 12.4. The first-order chi connectivity index (χ1) is 14.3. The molecule has 0 aliphatic carbocycles. The van der Waals surface area contributed by atoms with Crippen LogP contribution in [0.25, 0.3) is 11.1 Å². The van der Waals surface area contributed by atoms with Crippen LogP contribution in [-0.4, -0.2) is 31.5 Å². The summed E-state index contributed by atoms with van der Waals surface area (Å²) in [4.78, 5) is 24.3. The Labute approximate surface area is 174 Å². The lowest BCUT2D eigenvalue weighted by molar-refractivity contribution is -0.122. The highest BCUT2D eigenvalue weighted by atomic mass is 32.2. The van der Waals surface area contributed by atoms with Crippen molar-refractivity contribution < 1.29 is 17.6 Å². The van der Waals surface area contributed by atoms with Crippen molar-refractivity contribution >= 4 is 27.0 Å². The average Bonchev–Trinajstić information content (AvgIpc) is 3.01. The van der Waals surface area contributed by atoms with Crippen LogP contribution in [0.15, 0.2) is 62.6 Å². The third kappa shape index (κ3) is 4.98. The summed E-state index contributed by atoms with van der Waals surface area (Å²) in [5.74, 6) is -0.965. The quantitative estimate of drug-likeness (QED) is 0.503. The zero-order valence-corrected chi connectivity index (χ0v) is 17.7. The van der Waals surface area contributed by atoms with E-state index in [-0.39, 0.29) is 22.8 Å². The van der Waals surface area contributed by atoms with Gasteiger partial charge in [-0.2, -0.15) is 4.72 Å². The minimum Gasteiger partial charge on any atom is -0.408 e. The summed E-state index contributed by atoms with van der Waals surface area (Å²) in [7, 11) is -2.49. The van der Waals surface area contributed by atoms with Crippen molar-refractivity contribution in [1.82, 2.24) is 14.6 Å². The molecular weight excluding hydrogens is 406 g/mol. The Balaban J connectivity index is 1.87. The van der Waals surface area contributed by atoms with Crippen molar-refractivity contribution in [2.45, 2.75) is 37.1 Å². The van der Waals surface area contributed by atoms with Gasteiger partial charge in [0, 0.05) is 19.7 Å². The molecule has 0 aliphatic rings. The maximum atomic E-state index is 13.0. The zero-order chi connectivity index (χ0) is 21.7. The van der Waals surface area contributed by atoms with Gasteiger partial charge in [0.25, 0.3) is 0 Å². The number of oxazole rings is 1. The van der Waals surface area contributed by atoms with Crippen LogP contribution in [-0.2, 0) is 28.3 Å². The van der Waals surface area contributed by atoms with Crippen molar-refractivity contribution in [3.05, 3.63) is 64.6 Å². The first-order valence-corrected chi connectivity index (χ1v) is 11.2. The summed E-state index contributed by atoms with van der Waals surface area (Å²) < 4.78 is 34.8. The molecule has 9 heteroatoms.